The SMILES string of the molecule is O=S(=O)(NC1CCC(Oc2ncccn2)CC1)c1ccc(F)c(F)c1. The number of nitrogens with zero attached hydrogens (tertiary/aromatic N) is 2. The molecule has 0 atom stereocenters. The summed E-state index contributed by atoms with van der Waals surface area (Å²) >= 11 is 0. The molecule has 9 heteroatoms. The van der Waals surface area contributed by atoms with Gasteiger partial charge in [-0.15, -0.1) is 0 Å². The molecule has 1 aromatic heterocycles. The highest BCUT2D eigenvalue weighted by Crippen LogP contribution is 2.24. The molecule has 1 aliphatic carbocycles. The van der Waals surface area contributed by atoms with Gasteiger partial charge >= 0.3 is 6.01 Å². The lowest BCUT2D eigenvalue weighted by Crippen LogP contribution is -2.39. The first-order valence-electron chi connectivity index (χ1n) is 7.85. The standard InChI is InChI=1S/C16H17F2N3O3S/c17-14-7-6-13(10-15(14)18)25(22,23)21-11-2-4-12(5-3-11)24-16-19-8-1-9-20-16/h1,6-12,21H,2-5H2. The first kappa shape index (κ1) is 17.7. The average molecular weight is 369 g/mol. The summed E-state index contributed by atoms with van der Waals surface area (Å²) in [7, 11) is -3.90. The van der Waals surface area contributed by atoms with Crippen LogP contribution in [0.3, 0.4) is 0 Å². The Kier molecular flexibility index (Phi) is 5.24. The highest BCUT2D eigenvalue weighted by molar-refractivity contribution is 7.89. The number of hydrogen-bond acceptors (Lipinski definition) is 5. The van der Waals surface area contributed by atoms with Crippen molar-refractivity contribution in [2.75, 3.05) is 0 Å². The van der Waals surface area contributed by atoms with E-state index in [-0.39, 0.29) is 17.0 Å². The number of nitrogens with one attached hydrogen (secondary N) is 1. The van der Waals surface area contributed by atoms with Gasteiger partial charge in [0.25, 0.3) is 0 Å². The summed E-state index contributed by atoms with van der Waals surface area (Å²) in [5, 5.41) is 0. The molecule has 1 heterocycles. The maximum absolute atomic E-state index is 13.3. The Hall–Kier alpha value is -2.13. The average Bonchev–Trinajstić information content (AvgIpc) is 2.60. The number of benzene rings is 1. The molecule has 6 nitrogen and oxygen atoms in total. The first-order chi connectivity index (χ1) is 11.9. The van der Waals surface area contributed by atoms with Crippen LogP contribution in [0.4, 0.5) is 8.78 Å². The smallest absolute Gasteiger partial charge is 0.316 e. The molecule has 1 fully saturated rings. The minimum Gasteiger partial charge on any atom is -0.460 e. The number of sulfonamides is 1. The van der Waals surface area contributed by atoms with E-state index < -0.39 is 21.7 Å². The van der Waals surface area contributed by atoms with Crippen molar-refractivity contribution in [2.24, 2.45) is 0 Å². The molecule has 1 aliphatic rings. The van der Waals surface area contributed by atoms with Crippen molar-refractivity contribution in [1.29, 1.82) is 0 Å². The fourth-order valence-corrected chi connectivity index (χ4v) is 4.04. The Bertz CT molecular complexity index is 826. The van der Waals surface area contributed by atoms with E-state index in [0.717, 1.165) is 12.1 Å². The zero-order valence-corrected chi connectivity index (χ0v) is 14.0. The molecule has 1 aromatic carbocycles. The molecule has 0 bridgehead atoms. The highest BCUT2D eigenvalue weighted by Gasteiger charge is 2.27. The Morgan fingerprint density at radius 2 is 1.72 bits per heavy atom. The number of aromatic nitrogens is 2. The van der Waals surface area contributed by atoms with Gasteiger partial charge in [0.1, 0.15) is 6.10 Å². The van der Waals surface area contributed by atoms with Gasteiger partial charge in [-0.3, -0.25) is 0 Å². The van der Waals surface area contributed by atoms with Crippen molar-refractivity contribution >= 4 is 10.0 Å². The Morgan fingerprint density at radius 1 is 1.04 bits per heavy atom. The van der Waals surface area contributed by atoms with Gasteiger partial charge in [-0.25, -0.2) is 31.9 Å². The maximum atomic E-state index is 13.3. The van der Waals surface area contributed by atoms with Gasteiger partial charge in [-0.1, -0.05) is 0 Å². The van der Waals surface area contributed by atoms with Crippen molar-refractivity contribution in [3.63, 3.8) is 0 Å². The topological polar surface area (TPSA) is 81.2 Å². The third kappa shape index (κ3) is 4.49. The van der Waals surface area contributed by atoms with E-state index in [1.54, 1.807) is 18.5 Å². The molecule has 0 spiro atoms. The number of rotatable bonds is 5. The second-order valence-electron chi connectivity index (χ2n) is 5.82. The molecule has 1 N–H and O–H groups in total. The molecule has 134 valence electrons. The van der Waals surface area contributed by atoms with Gasteiger partial charge in [0.2, 0.25) is 10.0 Å². The summed E-state index contributed by atoms with van der Waals surface area (Å²) in [5.74, 6) is -2.28. The highest BCUT2D eigenvalue weighted by atomic mass is 32.2. The molecule has 0 unspecified atom stereocenters. The summed E-state index contributed by atoms with van der Waals surface area (Å²) in [6, 6.07) is 4.23. The lowest BCUT2D eigenvalue weighted by Gasteiger charge is -2.28. The largest absolute Gasteiger partial charge is 0.460 e. The molecule has 3 rings (SSSR count). The van der Waals surface area contributed by atoms with Crippen LogP contribution in [0, 0.1) is 11.6 Å². The van der Waals surface area contributed by atoms with Gasteiger partial charge in [0.05, 0.1) is 4.90 Å². The predicted molar refractivity (Wildman–Crippen MR) is 85.4 cm³/mol. The summed E-state index contributed by atoms with van der Waals surface area (Å²) in [6.07, 6.45) is 5.52. The van der Waals surface area contributed by atoms with Crippen molar-refractivity contribution < 1.29 is 21.9 Å². The summed E-state index contributed by atoms with van der Waals surface area (Å²) < 4.78 is 59.0. The van der Waals surface area contributed by atoms with Crippen LogP contribution in [-0.4, -0.2) is 30.5 Å². The molecular formula is C16H17F2N3O3S. The zero-order valence-electron chi connectivity index (χ0n) is 13.2. The van der Waals surface area contributed by atoms with Crippen LogP contribution < -0.4 is 9.46 Å². The van der Waals surface area contributed by atoms with E-state index in [9.17, 15) is 17.2 Å². The summed E-state index contributed by atoms with van der Waals surface area (Å²) in [4.78, 5) is 7.70. The third-order valence-corrected chi connectivity index (χ3v) is 5.53. The first-order valence-corrected chi connectivity index (χ1v) is 9.33. The maximum Gasteiger partial charge on any atom is 0.316 e. The van der Waals surface area contributed by atoms with E-state index in [1.165, 1.54) is 0 Å². The van der Waals surface area contributed by atoms with Crippen molar-refractivity contribution in [1.82, 2.24) is 14.7 Å². The third-order valence-electron chi connectivity index (χ3n) is 4.01. The molecule has 1 saturated carbocycles. The molecule has 0 aliphatic heterocycles. The second-order valence-corrected chi connectivity index (χ2v) is 7.53. The summed E-state index contributed by atoms with van der Waals surface area (Å²) in [6.45, 7) is 0. The minimum absolute atomic E-state index is 0.0774. The quantitative estimate of drug-likeness (QED) is 0.875. The summed E-state index contributed by atoms with van der Waals surface area (Å²) in [5.41, 5.74) is 0. The van der Waals surface area contributed by atoms with Gasteiger partial charge in [-0.2, -0.15) is 0 Å². The van der Waals surface area contributed by atoms with Crippen LogP contribution in [0.25, 0.3) is 0 Å². The van der Waals surface area contributed by atoms with Crippen molar-refractivity contribution in [2.45, 2.75) is 42.7 Å². The normalized spacial score (nSPS) is 21.0. The zero-order chi connectivity index (χ0) is 17.9. The molecule has 2 aromatic rings. The lowest BCUT2D eigenvalue weighted by molar-refractivity contribution is 0.132. The van der Waals surface area contributed by atoms with Crippen LogP contribution in [0.2, 0.25) is 0 Å². The van der Waals surface area contributed by atoms with Crippen molar-refractivity contribution in [3.8, 4) is 6.01 Å². The molecular weight excluding hydrogens is 352 g/mol. The number of hydrogen-bond donors (Lipinski definition) is 1. The van der Waals surface area contributed by atoms with Crippen molar-refractivity contribution in [3.05, 3.63) is 48.3 Å². The molecule has 0 radical (unpaired) electrons. The predicted octanol–water partition coefficient (Wildman–Crippen LogP) is 2.42. The van der Waals surface area contributed by atoms with E-state index in [2.05, 4.69) is 14.7 Å². The van der Waals surface area contributed by atoms with Crippen LogP contribution >= 0.6 is 0 Å². The van der Waals surface area contributed by atoms with Gasteiger partial charge in [0.15, 0.2) is 11.6 Å². The second kappa shape index (κ2) is 7.40. The Balaban J connectivity index is 1.57. The monoisotopic (exact) mass is 369 g/mol. The fraction of sp³-hybridized carbons (Fsp3) is 0.375. The van der Waals surface area contributed by atoms with Crippen LogP contribution in [-0.2, 0) is 10.0 Å². The van der Waals surface area contributed by atoms with Gasteiger partial charge < -0.3 is 4.74 Å². The fourth-order valence-electron chi connectivity index (χ4n) is 2.73. The van der Waals surface area contributed by atoms with Crippen LogP contribution in [0.1, 0.15) is 25.7 Å². The van der Waals surface area contributed by atoms with Gasteiger partial charge in [0, 0.05) is 18.4 Å². The number of ether oxygens (including phenoxy) is 1. The minimum atomic E-state index is -3.90. The van der Waals surface area contributed by atoms with Crippen LogP contribution in [0.5, 0.6) is 6.01 Å². The molecule has 0 saturated heterocycles. The van der Waals surface area contributed by atoms with Gasteiger partial charge in [-0.05, 0) is 49.9 Å². The lowest BCUT2D eigenvalue weighted by atomic mass is 9.94. The Morgan fingerprint density at radius 3 is 2.36 bits per heavy atom. The number of halogens is 2. The molecule has 0 amide bonds. The van der Waals surface area contributed by atoms with Crippen LogP contribution in [0.15, 0.2) is 41.6 Å². The van der Waals surface area contributed by atoms with E-state index >= 15 is 0 Å². The van der Waals surface area contributed by atoms with E-state index in [1.807, 2.05) is 0 Å². The Labute approximate surface area is 144 Å². The molecule has 25 heavy (non-hydrogen) atoms. The van der Waals surface area contributed by atoms with E-state index in [4.69, 9.17) is 4.74 Å². The van der Waals surface area contributed by atoms with E-state index in [0.29, 0.717) is 37.8 Å².